The second-order valence-corrected chi connectivity index (χ2v) is 4.56. The average molecular weight is 252 g/mol. The summed E-state index contributed by atoms with van der Waals surface area (Å²) in [4.78, 5) is 22.2. The SMILES string of the molecule is O=C(Cn1cc(C(=O)O)nn1)NCC1CCCC1. The Labute approximate surface area is 104 Å². The molecule has 1 aliphatic rings. The number of nitrogens with zero attached hydrogens (tertiary/aromatic N) is 3. The van der Waals surface area contributed by atoms with Crippen LogP contribution >= 0.6 is 0 Å². The third-order valence-corrected chi connectivity index (χ3v) is 3.13. The fraction of sp³-hybridized carbons (Fsp3) is 0.636. The molecule has 2 N–H and O–H groups in total. The summed E-state index contributed by atoms with van der Waals surface area (Å²) in [5.41, 5.74) is -0.154. The Morgan fingerprint density at radius 1 is 1.44 bits per heavy atom. The Bertz CT molecular complexity index is 437. The van der Waals surface area contributed by atoms with Crippen LogP contribution in [0.4, 0.5) is 0 Å². The van der Waals surface area contributed by atoms with Gasteiger partial charge in [-0.15, -0.1) is 5.10 Å². The fourth-order valence-electron chi connectivity index (χ4n) is 2.15. The zero-order valence-corrected chi connectivity index (χ0v) is 10.0. The molecule has 7 nitrogen and oxygen atoms in total. The number of carbonyl (C=O) groups is 2. The molecule has 0 radical (unpaired) electrons. The Balaban J connectivity index is 1.77. The van der Waals surface area contributed by atoms with Crippen molar-refractivity contribution >= 4 is 11.9 Å². The lowest BCUT2D eigenvalue weighted by Gasteiger charge is -2.10. The standard InChI is InChI=1S/C11H16N4O3/c16-10(12-5-8-3-1-2-4-8)7-15-6-9(11(17)18)13-14-15/h6,8H,1-5,7H2,(H,12,16)(H,17,18). The van der Waals surface area contributed by atoms with Crippen molar-refractivity contribution in [2.45, 2.75) is 32.2 Å². The van der Waals surface area contributed by atoms with Gasteiger partial charge in [0.05, 0.1) is 6.20 Å². The minimum Gasteiger partial charge on any atom is -0.476 e. The monoisotopic (exact) mass is 252 g/mol. The number of hydrogen-bond acceptors (Lipinski definition) is 4. The maximum absolute atomic E-state index is 11.6. The fourth-order valence-corrected chi connectivity index (χ4v) is 2.15. The highest BCUT2D eigenvalue weighted by Crippen LogP contribution is 2.23. The summed E-state index contributed by atoms with van der Waals surface area (Å²) in [7, 11) is 0. The lowest BCUT2D eigenvalue weighted by molar-refractivity contribution is -0.122. The largest absolute Gasteiger partial charge is 0.476 e. The molecule has 0 bridgehead atoms. The third-order valence-electron chi connectivity index (χ3n) is 3.13. The van der Waals surface area contributed by atoms with Gasteiger partial charge in [-0.1, -0.05) is 18.1 Å². The molecule has 1 heterocycles. The van der Waals surface area contributed by atoms with E-state index in [2.05, 4.69) is 15.6 Å². The van der Waals surface area contributed by atoms with Crippen LogP contribution in [0.15, 0.2) is 6.20 Å². The molecule has 2 rings (SSSR count). The second-order valence-electron chi connectivity index (χ2n) is 4.56. The molecule has 0 saturated heterocycles. The lowest BCUT2D eigenvalue weighted by Crippen LogP contribution is -2.31. The quantitative estimate of drug-likeness (QED) is 0.784. The lowest BCUT2D eigenvalue weighted by atomic mass is 10.1. The van der Waals surface area contributed by atoms with E-state index in [4.69, 9.17) is 5.11 Å². The van der Waals surface area contributed by atoms with E-state index in [9.17, 15) is 9.59 Å². The number of carbonyl (C=O) groups excluding carboxylic acids is 1. The molecular formula is C11H16N4O3. The number of hydrogen-bond donors (Lipinski definition) is 2. The van der Waals surface area contributed by atoms with Crippen LogP contribution in [-0.4, -0.2) is 38.5 Å². The van der Waals surface area contributed by atoms with Crippen LogP contribution < -0.4 is 5.32 Å². The predicted molar refractivity (Wildman–Crippen MR) is 61.9 cm³/mol. The molecule has 1 aromatic heterocycles. The second kappa shape index (κ2) is 5.61. The number of nitrogens with one attached hydrogen (secondary N) is 1. The molecule has 0 unspecified atom stereocenters. The number of amides is 1. The van der Waals surface area contributed by atoms with E-state index >= 15 is 0 Å². The van der Waals surface area contributed by atoms with E-state index in [0.717, 1.165) is 0 Å². The topological polar surface area (TPSA) is 97.1 Å². The van der Waals surface area contributed by atoms with Gasteiger partial charge in [0.1, 0.15) is 6.54 Å². The van der Waals surface area contributed by atoms with Crippen molar-refractivity contribution in [3.05, 3.63) is 11.9 Å². The highest BCUT2D eigenvalue weighted by molar-refractivity contribution is 5.84. The van der Waals surface area contributed by atoms with Gasteiger partial charge in [0.2, 0.25) is 5.91 Å². The molecule has 1 aliphatic carbocycles. The summed E-state index contributed by atoms with van der Waals surface area (Å²) in [5, 5.41) is 18.5. The van der Waals surface area contributed by atoms with Crippen LogP contribution in [0.25, 0.3) is 0 Å². The highest BCUT2D eigenvalue weighted by atomic mass is 16.4. The minimum absolute atomic E-state index is 0.00694. The number of aromatic carboxylic acids is 1. The summed E-state index contributed by atoms with van der Waals surface area (Å²) in [5.74, 6) is -0.726. The van der Waals surface area contributed by atoms with E-state index in [1.54, 1.807) is 0 Å². The van der Waals surface area contributed by atoms with Gasteiger partial charge in [-0.05, 0) is 18.8 Å². The number of rotatable bonds is 5. The van der Waals surface area contributed by atoms with Crippen molar-refractivity contribution in [2.24, 2.45) is 5.92 Å². The number of aromatic nitrogens is 3. The van der Waals surface area contributed by atoms with Crippen LogP contribution in [0.3, 0.4) is 0 Å². The van der Waals surface area contributed by atoms with Crippen LogP contribution in [0.2, 0.25) is 0 Å². The van der Waals surface area contributed by atoms with Crippen LogP contribution in [-0.2, 0) is 11.3 Å². The van der Waals surface area contributed by atoms with Gasteiger partial charge >= 0.3 is 5.97 Å². The smallest absolute Gasteiger partial charge is 0.358 e. The van der Waals surface area contributed by atoms with Gasteiger partial charge < -0.3 is 10.4 Å². The van der Waals surface area contributed by atoms with Crippen molar-refractivity contribution in [2.75, 3.05) is 6.54 Å². The number of carboxylic acids is 1. The van der Waals surface area contributed by atoms with Crippen molar-refractivity contribution < 1.29 is 14.7 Å². The van der Waals surface area contributed by atoms with E-state index in [1.807, 2.05) is 0 Å². The third kappa shape index (κ3) is 3.28. The Kier molecular flexibility index (Phi) is 3.91. The van der Waals surface area contributed by atoms with Gasteiger partial charge in [0.25, 0.3) is 0 Å². The molecular weight excluding hydrogens is 236 g/mol. The summed E-state index contributed by atoms with van der Waals surface area (Å²) in [6, 6.07) is 0. The molecule has 1 saturated carbocycles. The first-order valence-corrected chi connectivity index (χ1v) is 6.05. The van der Waals surface area contributed by atoms with Gasteiger partial charge in [0, 0.05) is 6.54 Å². The molecule has 0 aliphatic heterocycles. The van der Waals surface area contributed by atoms with Gasteiger partial charge in [0.15, 0.2) is 5.69 Å². The molecule has 1 fully saturated rings. The van der Waals surface area contributed by atoms with Crippen LogP contribution in [0.5, 0.6) is 0 Å². The molecule has 0 aromatic carbocycles. The molecule has 0 atom stereocenters. The van der Waals surface area contributed by atoms with Gasteiger partial charge in [-0.2, -0.15) is 0 Å². The Morgan fingerprint density at radius 2 is 2.17 bits per heavy atom. The van der Waals surface area contributed by atoms with Crippen molar-refractivity contribution in [1.82, 2.24) is 20.3 Å². The predicted octanol–water partition coefficient (Wildman–Crippen LogP) is 0.283. The molecule has 0 spiro atoms. The summed E-state index contributed by atoms with van der Waals surface area (Å²) < 4.78 is 1.23. The van der Waals surface area contributed by atoms with Crippen molar-refractivity contribution in [1.29, 1.82) is 0 Å². The first-order chi connectivity index (χ1) is 8.65. The van der Waals surface area contributed by atoms with E-state index in [1.165, 1.54) is 36.6 Å². The Hall–Kier alpha value is -1.92. The Morgan fingerprint density at radius 3 is 2.78 bits per heavy atom. The molecule has 7 heteroatoms. The zero-order chi connectivity index (χ0) is 13.0. The first-order valence-electron chi connectivity index (χ1n) is 6.05. The zero-order valence-electron chi connectivity index (χ0n) is 10.0. The van der Waals surface area contributed by atoms with E-state index in [-0.39, 0.29) is 18.1 Å². The summed E-state index contributed by atoms with van der Waals surface area (Å²) in [6.45, 7) is 0.701. The minimum atomic E-state index is -1.15. The van der Waals surface area contributed by atoms with Crippen molar-refractivity contribution in [3.8, 4) is 0 Å². The first kappa shape index (κ1) is 12.5. The molecule has 1 amide bonds. The summed E-state index contributed by atoms with van der Waals surface area (Å²) >= 11 is 0. The van der Waals surface area contributed by atoms with Gasteiger partial charge in [-0.25, -0.2) is 9.48 Å². The van der Waals surface area contributed by atoms with Crippen LogP contribution in [0.1, 0.15) is 36.2 Å². The summed E-state index contributed by atoms with van der Waals surface area (Å²) in [6.07, 6.45) is 6.08. The maximum atomic E-state index is 11.6. The van der Waals surface area contributed by atoms with Crippen LogP contribution in [0, 0.1) is 5.92 Å². The molecule has 98 valence electrons. The highest BCUT2D eigenvalue weighted by Gasteiger charge is 2.16. The van der Waals surface area contributed by atoms with E-state index in [0.29, 0.717) is 12.5 Å². The average Bonchev–Trinajstić information content (AvgIpc) is 2.96. The molecule has 1 aromatic rings. The maximum Gasteiger partial charge on any atom is 0.358 e. The van der Waals surface area contributed by atoms with E-state index < -0.39 is 5.97 Å². The molecule has 18 heavy (non-hydrogen) atoms. The normalized spacial score (nSPS) is 15.8. The van der Waals surface area contributed by atoms with Crippen molar-refractivity contribution in [3.63, 3.8) is 0 Å². The van der Waals surface area contributed by atoms with Gasteiger partial charge in [-0.3, -0.25) is 4.79 Å². The number of carboxylic acid groups (broad SMARTS) is 1.